The monoisotopic (exact) mass is 479 g/mol. The molecule has 1 aromatic rings. The van der Waals surface area contributed by atoms with E-state index in [0.717, 1.165) is 11.8 Å². The maximum Gasteiger partial charge on any atom is 0.330 e. The summed E-state index contributed by atoms with van der Waals surface area (Å²) in [6.45, 7) is 9.48. The van der Waals surface area contributed by atoms with Gasteiger partial charge in [-0.05, 0) is 38.8 Å². The highest BCUT2D eigenvalue weighted by Crippen LogP contribution is 2.21. The van der Waals surface area contributed by atoms with Crippen molar-refractivity contribution in [2.45, 2.75) is 58.4 Å². The maximum absolute atomic E-state index is 12.9. The first kappa shape index (κ1) is 28.2. The van der Waals surface area contributed by atoms with Crippen molar-refractivity contribution in [2.24, 2.45) is 5.92 Å². The average Bonchev–Trinajstić information content (AvgIpc) is 2.74. The van der Waals surface area contributed by atoms with E-state index in [1.807, 2.05) is 0 Å². The van der Waals surface area contributed by atoms with E-state index in [0.29, 0.717) is 5.56 Å². The summed E-state index contributed by atoms with van der Waals surface area (Å²) in [4.78, 5) is 61.8. The van der Waals surface area contributed by atoms with Crippen LogP contribution in [-0.4, -0.2) is 58.8 Å². The van der Waals surface area contributed by atoms with Gasteiger partial charge in [0.2, 0.25) is 11.8 Å². The lowest BCUT2D eigenvalue weighted by molar-refractivity contribution is -0.148. The Labute approximate surface area is 198 Å². The minimum absolute atomic E-state index is 0.0936. The Hall–Kier alpha value is -2.88. The van der Waals surface area contributed by atoms with Crippen molar-refractivity contribution in [3.8, 4) is 0 Å². The van der Waals surface area contributed by atoms with Gasteiger partial charge in [-0.25, -0.2) is 4.79 Å². The summed E-state index contributed by atoms with van der Waals surface area (Å²) in [6, 6.07) is 7.27. The zero-order valence-electron chi connectivity index (χ0n) is 19.9. The Morgan fingerprint density at radius 3 is 2.18 bits per heavy atom. The van der Waals surface area contributed by atoms with Crippen molar-refractivity contribution in [2.75, 3.05) is 13.2 Å². The number of carbonyl (C=O) groups is 5. The van der Waals surface area contributed by atoms with Crippen LogP contribution in [0.1, 0.15) is 51.9 Å². The Kier molecular flexibility index (Phi) is 11.1. The van der Waals surface area contributed by atoms with Crippen LogP contribution in [0.25, 0.3) is 0 Å². The molecule has 0 radical (unpaired) electrons. The SMILES string of the molecule is CCOC(=O)[C@H](CNC(=O)c1ccccc1)NC(=O)C(C)(C)NC(=O)[C@@H](SC(C)=O)C(C)C. The minimum atomic E-state index is -1.39. The van der Waals surface area contributed by atoms with Gasteiger partial charge in [0.05, 0.1) is 11.9 Å². The largest absolute Gasteiger partial charge is 0.464 e. The van der Waals surface area contributed by atoms with Crippen molar-refractivity contribution in [3.05, 3.63) is 35.9 Å². The number of esters is 1. The number of nitrogens with one attached hydrogen (secondary N) is 3. The quantitative estimate of drug-likeness (QED) is 0.412. The highest BCUT2D eigenvalue weighted by molar-refractivity contribution is 8.14. The zero-order valence-corrected chi connectivity index (χ0v) is 20.7. The molecule has 0 saturated carbocycles. The molecule has 0 aliphatic carbocycles. The fourth-order valence-corrected chi connectivity index (χ4v) is 3.56. The molecule has 0 fully saturated rings. The fourth-order valence-electron chi connectivity index (χ4n) is 2.77. The molecular weight excluding hydrogens is 446 g/mol. The van der Waals surface area contributed by atoms with E-state index in [9.17, 15) is 24.0 Å². The lowest BCUT2D eigenvalue weighted by atomic mass is 10.0. The number of ether oxygens (including phenoxy) is 1. The predicted molar refractivity (Wildman–Crippen MR) is 126 cm³/mol. The predicted octanol–water partition coefficient (Wildman–Crippen LogP) is 1.66. The lowest BCUT2D eigenvalue weighted by Crippen LogP contribution is -2.61. The van der Waals surface area contributed by atoms with Crippen LogP contribution in [0.2, 0.25) is 0 Å². The van der Waals surface area contributed by atoms with Gasteiger partial charge in [-0.2, -0.15) is 0 Å². The smallest absolute Gasteiger partial charge is 0.330 e. The molecule has 0 aliphatic heterocycles. The normalized spacial score (nSPS) is 12.9. The second kappa shape index (κ2) is 13.0. The van der Waals surface area contributed by atoms with Gasteiger partial charge in [-0.15, -0.1) is 0 Å². The number of hydrogen-bond acceptors (Lipinski definition) is 7. The van der Waals surface area contributed by atoms with Gasteiger partial charge in [-0.1, -0.05) is 43.8 Å². The van der Waals surface area contributed by atoms with Gasteiger partial charge in [0.25, 0.3) is 5.91 Å². The van der Waals surface area contributed by atoms with E-state index in [1.165, 1.54) is 20.8 Å². The van der Waals surface area contributed by atoms with Crippen LogP contribution in [-0.2, 0) is 23.9 Å². The van der Waals surface area contributed by atoms with Crippen molar-refractivity contribution in [3.63, 3.8) is 0 Å². The first-order valence-corrected chi connectivity index (χ1v) is 11.6. The molecule has 1 aromatic carbocycles. The van der Waals surface area contributed by atoms with Crippen molar-refractivity contribution >= 4 is 40.6 Å². The first-order valence-electron chi connectivity index (χ1n) is 10.7. The van der Waals surface area contributed by atoms with Crippen LogP contribution in [0.15, 0.2) is 30.3 Å². The first-order chi connectivity index (χ1) is 15.4. The summed E-state index contributed by atoms with van der Waals surface area (Å²) in [7, 11) is 0. The molecule has 2 atom stereocenters. The molecular formula is C23H33N3O6S. The molecule has 33 heavy (non-hydrogen) atoms. The fraction of sp³-hybridized carbons (Fsp3) is 0.522. The van der Waals surface area contributed by atoms with E-state index in [4.69, 9.17) is 4.74 Å². The highest BCUT2D eigenvalue weighted by atomic mass is 32.2. The Balaban J connectivity index is 2.89. The van der Waals surface area contributed by atoms with E-state index in [2.05, 4.69) is 16.0 Å². The molecule has 0 spiro atoms. The van der Waals surface area contributed by atoms with E-state index in [1.54, 1.807) is 51.1 Å². The third-order valence-corrected chi connectivity index (χ3v) is 5.88. The molecule has 0 heterocycles. The summed E-state index contributed by atoms with van der Waals surface area (Å²) in [5.74, 6) is -2.37. The van der Waals surface area contributed by atoms with Gasteiger partial charge < -0.3 is 20.7 Å². The number of amides is 3. The van der Waals surface area contributed by atoms with Crippen LogP contribution in [0.3, 0.4) is 0 Å². The number of rotatable bonds is 11. The van der Waals surface area contributed by atoms with E-state index < -0.39 is 40.5 Å². The Bertz CT molecular complexity index is 857. The highest BCUT2D eigenvalue weighted by Gasteiger charge is 2.36. The Morgan fingerprint density at radius 2 is 1.67 bits per heavy atom. The van der Waals surface area contributed by atoms with Crippen molar-refractivity contribution in [1.29, 1.82) is 0 Å². The molecule has 1 rings (SSSR count). The summed E-state index contributed by atoms with van der Waals surface area (Å²) < 4.78 is 5.02. The summed E-state index contributed by atoms with van der Waals surface area (Å²) in [6.07, 6.45) is 0. The summed E-state index contributed by atoms with van der Waals surface area (Å²) >= 11 is 0.899. The van der Waals surface area contributed by atoms with Gasteiger partial charge in [0.1, 0.15) is 11.6 Å². The number of thioether (sulfide) groups is 1. The molecule has 3 N–H and O–H groups in total. The molecule has 3 amide bonds. The lowest BCUT2D eigenvalue weighted by Gasteiger charge is -2.30. The van der Waals surface area contributed by atoms with Crippen LogP contribution < -0.4 is 16.0 Å². The molecule has 0 saturated heterocycles. The van der Waals surface area contributed by atoms with Crippen LogP contribution in [0, 0.1) is 5.92 Å². The number of hydrogen-bond donors (Lipinski definition) is 3. The minimum Gasteiger partial charge on any atom is -0.464 e. The summed E-state index contributed by atoms with van der Waals surface area (Å²) in [5, 5.41) is 6.93. The molecule has 0 unspecified atom stereocenters. The van der Waals surface area contributed by atoms with Crippen LogP contribution >= 0.6 is 11.8 Å². The third-order valence-electron chi connectivity index (χ3n) is 4.54. The molecule has 182 valence electrons. The molecule has 0 aliphatic rings. The van der Waals surface area contributed by atoms with Gasteiger partial charge in [-0.3, -0.25) is 19.2 Å². The van der Waals surface area contributed by atoms with E-state index in [-0.39, 0.29) is 24.2 Å². The van der Waals surface area contributed by atoms with Crippen molar-refractivity contribution in [1.82, 2.24) is 16.0 Å². The third kappa shape index (κ3) is 9.25. The van der Waals surface area contributed by atoms with Gasteiger partial charge in [0.15, 0.2) is 5.12 Å². The molecule has 10 heteroatoms. The second-order valence-corrected chi connectivity index (χ2v) is 9.56. The Morgan fingerprint density at radius 1 is 1.06 bits per heavy atom. The number of carbonyl (C=O) groups excluding carboxylic acids is 5. The second-order valence-electron chi connectivity index (χ2n) is 8.24. The van der Waals surface area contributed by atoms with E-state index >= 15 is 0 Å². The van der Waals surface area contributed by atoms with Gasteiger partial charge in [0, 0.05) is 19.0 Å². The number of benzene rings is 1. The van der Waals surface area contributed by atoms with Crippen molar-refractivity contribution < 1.29 is 28.7 Å². The van der Waals surface area contributed by atoms with Crippen LogP contribution in [0.5, 0.6) is 0 Å². The topological polar surface area (TPSA) is 131 Å². The molecule has 0 aromatic heterocycles. The maximum atomic E-state index is 12.9. The molecule has 9 nitrogen and oxygen atoms in total. The molecule has 0 bridgehead atoms. The summed E-state index contributed by atoms with van der Waals surface area (Å²) in [5.41, 5.74) is -0.989. The van der Waals surface area contributed by atoms with Crippen LogP contribution in [0.4, 0.5) is 0 Å². The standard InChI is InChI=1S/C23H33N3O6S/c1-7-32-21(30)17(13-24-19(28)16-11-9-8-10-12-16)25-22(31)23(5,6)26-20(29)18(14(2)3)33-15(4)27/h8-12,14,17-18H,7,13H2,1-6H3,(H,24,28)(H,25,31)(H,26,29)/t17-,18-/m0/s1. The zero-order chi connectivity index (χ0) is 25.2. The average molecular weight is 480 g/mol. The van der Waals surface area contributed by atoms with Gasteiger partial charge >= 0.3 is 5.97 Å².